The molecule has 0 amide bonds. The molecular weight excluding hydrogens is 318 g/mol. The molecule has 6 heteroatoms. The van der Waals surface area contributed by atoms with Crippen molar-refractivity contribution in [2.24, 2.45) is 0 Å². The van der Waals surface area contributed by atoms with Crippen molar-refractivity contribution in [1.82, 2.24) is 19.4 Å². The molecule has 0 radical (unpaired) electrons. The lowest BCUT2D eigenvalue weighted by Crippen LogP contribution is -1.94. The van der Waals surface area contributed by atoms with Crippen molar-refractivity contribution in [2.75, 3.05) is 5.32 Å². The average Bonchev–Trinajstić information content (AvgIpc) is 3.20. The fourth-order valence-corrected chi connectivity index (χ4v) is 3.42. The van der Waals surface area contributed by atoms with Crippen molar-refractivity contribution in [3.8, 4) is 11.4 Å². The van der Waals surface area contributed by atoms with E-state index in [9.17, 15) is 0 Å². The van der Waals surface area contributed by atoms with Gasteiger partial charge in [-0.1, -0.05) is 31.5 Å². The van der Waals surface area contributed by atoms with Crippen molar-refractivity contribution in [3.05, 3.63) is 59.9 Å². The Hall–Kier alpha value is -2.73. The standard InChI is InChI=1S/C18H17N5S/c1-2-7-14-16(23-11-6-10-19-17(23)21-14)15-12-24-18(22-15)20-13-8-4-3-5-9-13/h3-6,8-12H,2,7H2,1H3,(H,20,22). The molecule has 3 heterocycles. The van der Waals surface area contributed by atoms with Gasteiger partial charge in [-0.25, -0.2) is 15.0 Å². The van der Waals surface area contributed by atoms with Gasteiger partial charge in [0, 0.05) is 23.5 Å². The van der Waals surface area contributed by atoms with E-state index in [2.05, 4.69) is 27.6 Å². The minimum atomic E-state index is 0.724. The molecule has 0 saturated heterocycles. The lowest BCUT2D eigenvalue weighted by molar-refractivity contribution is 0.894. The molecule has 5 nitrogen and oxygen atoms in total. The monoisotopic (exact) mass is 335 g/mol. The van der Waals surface area contributed by atoms with Crippen molar-refractivity contribution in [2.45, 2.75) is 19.8 Å². The topological polar surface area (TPSA) is 55.1 Å². The molecule has 120 valence electrons. The molecule has 0 aliphatic heterocycles. The number of hydrogen-bond donors (Lipinski definition) is 1. The fourth-order valence-electron chi connectivity index (χ4n) is 2.70. The summed E-state index contributed by atoms with van der Waals surface area (Å²) in [7, 11) is 0. The number of thiazole rings is 1. The molecule has 0 atom stereocenters. The molecule has 0 spiro atoms. The third kappa shape index (κ3) is 2.76. The molecule has 0 unspecified atom stereocenters. The van der Waals surface area contributed by atoms with Gasteiger partial charge in [0.2, 0.25) is 5.78 Å². The molecule has 3 aromatic heterocycles. The second kappa shape index (κ2) is 6.41. The number of para-hydroxylation sites is 1. The lowest BCUT2D eigenvalue weighted by Gasteiger charge is -2.02. The lowest BCUT2D eigenvalue weighted by atomic mass is 10.2. The Kier molecular flexibility index (Phi) is 3.96. The van der Waals surface area contributed by atoms with Crippen LogP contribution < -0.4 is 5.32 Å². The van der Waals surface area contributed by atoms with Crippen LogP contribution in [0, 0.1) is 0 Å². The van der Waals surface area contributed by atoms with E-state index in [1.807, 2.05) is 47.0 Å². The summed E-state index contributed by atoms with van der Waals surface area (Å²) in [6, 6.07) is 12.0. The number of nitrogens with zero attached hydrogens (tertiary/aromatic N) is 4. The predicted octanol–water partition coefficient (Wildman–Crippen LogP) is 4.55. The van der Waals surface area contributed by atoms with Gasteiger partial charge in [0.05, 0.1) is 11.4 Å². The Labute approximate surface area is 144 Å². The molecule has 0 bridgehead atoms. The van der Waals surface area contributed by atoms with Gasteiger partial charge in [-0.15, -0.1) is 11.3 Å². The minimum absolute atomic E-state index is 0.724. The highest BCUT2D eigenvalue weighted by Crippen LogP contribution is 2.30. The van der Waals surface area contributed by atoms with Crippen molar-refractivity contribution in [3.63, 3.8) is 0 Å². The first-order chi connectivity index (χ1) is 11.8. The van der Waals surface area contributed by atoms with Crippen LogP contribution in [0.5, 0.6) is 0 Å². The molecule has 0 saturated carbocycles. The Morgan fingerprint density at radius 1 is 1.12 bits per heavy atom. The molecule has 1 aromatic carbocycles. The number of aryl methyl sites for hydroxylation is 1. The van der Waals surface area contributed by atoms with Crippen LogP contribution in [0.1, 0.15) is 19.0 Å². The van der Waals surface area contributed by atoms with E-state index in [1.54, 1.807) is 17.5 Å². The smallest absolute Gasteiger partial charge is 0.234 e. The maximum absolute atomic E-state index is 4.76. The Morgan fingerprint density at radius 3 is 2.83 bits per heavy atom. The summed E-state index contributed by atoms with van der Waals surface area (Å²) in [6.07, 6.45) is 5.71. The maximum atomic E-state index is 4.76. The Balaban J connectivity index is 1.74. The van der Waals surface area contributed by atoms with E-state index < -0.39 is 0 Å². The van der Waals surface area contributed by atoms with Gasteiger partial charge < -0.3 is 5.32 Å². The molecule has 0 aliphatic carbocycles. The number of fused-ring (bicyclic) bond motifs is 1. The highest BCUT2D eigenvalue weighted by molar-refractivity contribution is 7.14. The number of aromatic nitrogens is 4. The van der Waals surface area contributed by atoms with Gasteiger partial charge in [-0.2, -0.15) is 0 Å². The number of benzene rings is 1. The summed E-state index contributed by atoms with van der Waals surface area (Å²) in [5.41, 5.74) is 4.06. The Morgan fingerprint density at radius 2 is 2.00 bits per heavy atom. The number of rotatable bonds is 5. The summed E-state index contributed by atoms with van der Waals surface area (Å²) in [5, 5.41) is 6.29. The first-order valence-corrected chi connectivity index (χ1v) is 8.83. The first kappa shape index (κ1) is 14.8. The zero-order valence-electron chi connectivity index (χ0n) is 13.3. The van der Waals surface area contributed by atoms with Gasteiger partial charge in [0.1, 0.15) is 5.69 Å². The van der Waals surface area contributed by atoms with E-state index in [0.717, 1.165) is 46.5 Å². The van der Waals surface area contributed by atoms with Gasteiger partial charge >= 0.3 is 0 Å². The molecule has 1 N–H and O–H groups in total. The zero-order chi connectivity index (χ0) is 16.4. The highest BCUT2D eigenvalue weighted by atomic mass is 32.1. The SMILES string of the molecule is CCCc1nc2ncccn2c1-c1csc(Nc2ccccc2)n1. The van der Waals surface area contributed by atoms with Crippen LogP contribution in [0.4, 0.5) is 10.8 Å². The van der Waals surface area contributed by atoms with Crippen molar-refractivity contribution in [1.29, 1.82) is 0 Å². The van der Waals surface area contributed by atoms with Crippen LogP contribution in [-0.2, 0) is 6.42 Å². The van der Waals surface area contributed by atoms with E-state index in [4.69, 9.17) is 4.98 Å². The second-order valence-corrected chi connectivity index (χ2v) is 6.33. The quantitative estimate of drug-likeness (QED) is 0.581. The van der Waals surface area contributed by atoms with Gasteiger partial charge in [0.15, 0.2) is 5.13 Å². The van der Waals surface area contributed by atoms with Crippen LogP contribution in [-0.4, -0.2) is 19.4 Å². The highest BCUT2D eigenvalue weighted by Gasteiger charge is 2.16. The predicted molar refractivity (Wildman–Crippen MR) is 97.8 cm³/mol. The van der Waals surface area contributed by atoms with E-state index in [1.165, 1.54) is 0 Å². The maximum Gasteiger partial charge on any atom is 0.234 e. The summed E-state index contributed by atoms with van der Waals surface area (Å²) in [6.45, 7) is 2.16. The molecule has 24 heavy (non-hydrogen) atoms. The molecule has 0 aliphatic rings. The largest absolute Gasteiger partial charge is 0.332 e. The van der Waals surface area contributed by atoms with Crippen LogP contribution in [0.25, 0.3) is 17.2 Å². The van der Waals surface area contributed by atoms with Crippen molar-refractivity contribution < 1.29 is 0 Å². The zero-order valence-corrected chi connectivity index (χ0v) is 14.1. The Bertz CT molecular complexity index is 958. The van der Waals surface area contributed by atoms with Crippen LogP contribution >= 0.6 is 11.3 Å². The average molecular weight is 335 g/mol. The number of anilines is 2. The van der Waals surface area contributed by atoms with E-state index in [-0.39, 0.29) is 0 Å². The number of imidazole rings is 1. The number of hydrogen-bond acceptors (Lipinski definition) is 5. The van der Waals surface area contributed by atoms with Gasteiger partial charge in [0.25, 0.3) is 0 Å². The van der Waals surface area contributed by atoms with Crippen LogP contribution in [0.3, 0.4) is 0 Å². The minimum Gasteiger partial charge on any atom is -0.332 e. The van der Waals surface area contributed by atoms with E-state index in [0.29, 0.717) is 0 Å². The third-order valence-electron chi connectivity index (χ3n) is 3.73. The fraction of sp³-hybridized carbons (Fsp3) is 0.167. The van der Waals surface area contributed by atoms with Gasteiger partial charge in [-0.3, -0.25) is 4.40 Å². The number of nitrogens with one attached hydrogen (secondary N) is 1. The van der Waals surface area contributed by atoms with Gasteiger partial charge in [-0.05, 0) is 24.6 Å². The second-order valence-electron chi connectivity index (χ2n) is 5.48. The van der Waals surface area contributed by atoms with Crippen LogP contribution in [0.2, 0.25) is 0 Å². The van der Waals surface area contributed by atoms with Crippen LogP contribution in [0.15, 0.2) is 54.2 Å². The summed E-state index contributed by atoms with van der Waals surface area (Å²) in [5.74, 6) is 0.724. The molecule has 0 fully saturated rings. The molecule has 4 rings (SSSR count). The molecule has 4 aromatic rings. The summed E-state index contributed by atoms with van der Waals surface area (Å²) < 4.78 is 2.02. The first-order valence-electron chi connectivity index (χ1n) is 7.95. The molecular formula is C18H17N5S. The normalized spacial score (nSPS) is 11.0. The summed E-state index contributed by atoms with van der Waals surface area (Å²) >= 11 is 1.59. The summed E-state index contributed by atoms with van der Waals surface area (Å²) in [4.78, 5) is 13.8. The third-order valence-corrected chi connectivity index (χ3v) is 4.49. The van der Waals surface area contributed by atoms with Crippen molar-refractivity contribution >= 4 is 27.9 Å². The van der Waals surface area contributed by atoms with E-state index >= 15 is 0 Å².